The number of amides is 1. The smallest absolute Gasteiger partial charge is 0.237 e. The summed E-state index contributed by atoms with van der Waals surface area (Å²) in [6.45, 7) is 1.71. The molecule has 27 heavy (non-hydrogen) atoms. The lowest BCUT2D eigenvalue weighted by atomic mass is 9.87. The van der Waals surface area contributed by atoms with E-state index >= 15 is 0 Å². The summed E-state index contributed by atoms with van der Waals surface area (Å²) >= 11 is 0. The van der Waals surface area contributed by atoms with Gasteiger partial charge in [0, 0.05) is 20.1 Å². The van der Waals surface area contributed by atoms with Crippen molar-refractivity contribution in [2.45, 2.75) is 31.7 Å². The molecule has 0 saturated carbocycles. The molecule has 1 atom stereocenters. The molecule has 1 aliphatic carbocycles. The van der Waals surface area contributed by atoms with Gasteiger partial charge in [-0.15, -0.1) is 0 Å². The number of rotatable bonds is 8. The predicted octanol–water partition coefficient (Wildman–Crippen LogP) is 3.06. The van der Waals surface area contributed by atoms with Crippen LogP contribution in [-0.4, -0.2) is 54.1 Å². The predicted molar refractivity (Wildman–Crippen MR) is 109 cm³/mol. The lowest BCUT2D eigenvalue weighted by Gasteiger charge is -2.34. The SMILES string of the molecule is CN(C(=O)CN(CCO)CCc1ccccc1)C1CCCc2ccccc21. The van der Waals surface area contributed by atoms with Crippen LogP contribution in [0.4, 0.5) is 0 Å². The molecule has 0 bridgehead atoms. The Labute approximate surface area is 162 Å². The van der Waals surface area contributed by atoms with Crippen molar-refractivity contribution in [3.8, 4) is 0 Å². The molecular weight excluding hydrogens is 336 g/mol. The van der Waals surface area contributed by atoms with Crippen LogP contribution in [0.2, 0.25) is 0 Å². The third kappa shape index (κ3) is 5.18. The summed E-state index contributed by atoms with van der Waals surface area (Å²) in [5.41, 5.74) is 3.91. The van der Waals surface area contributed by atoms with E-state index in [0.717, 1.165) is 32.2 Å². The average Bonchev–Trinajstić information content (AvgIpc) is 2.72. The molecule has 1 aliphatic rings. The Bertz CT molecular complexity index is 732. The van der Waals surface area contributed by atoms with Gasteiger partial charge in [-0.05, 0) is 42.4 Å². The molecule has 2 aromatic carbocycles. The van der Waals surface area contributed by atoms with E-state index < -0.39 is 0 Å². The normalized spacial score (nSPS) is 16.2. The summed E-state index contributed by atoms with van der Waals surface area (Å²) in [5.74, 6) is 0.123. The molecule has 144 valence electrons. The number of aryl methyl sites for hydroxylation is 1. The van der Waals surface area contributed by atoms with Crippen molar-refractivity contribution in [1.82, 2.24) is 9.80 Å². The van der Waals surface area contributed by atoms with Gasteiger partial charge in [0.2, 0.25) is 5.91 Å². The second-order valence-electron chi connectivity index (χ2n) is 7.35. The Balaban J connectivity index is 1.61. The zero-order chi connectivity index (χ0) is 19.1. The number of benzene rings is 2. The Morgan fingerprint density at radius 3 is 2.59 bits per heavy atom. The van der Waals surface area contributed by atoms with E-state index in [1.807, 2.05) is 30.1 Å². The van der Waals surface area contributed by atoms with E-state index in [2.05, 4.69) is 41.3 Å². The summed E-state index contributed by atoms with van der Waals surface area (Å²) in [7, 11) is 1.92. The van der Waals surface area contributed by atoms with E-state index in [1.165, 1.54) is 16.7 Å². The number of likely N-dealkylation sites (N-methyl/N-ethyl adjacent to an activating group) is 1. The van der Waals surface area contributed by atoms with Gasteiger partial charge in [0.1, 0.15) is 0 Å². The molecule has 4 nitrogen and oxygen atoms in total. The maximum absolute atomic E-state index is 13.0. The van der Waals surface area contributed by atoms with Gasteiger partial charge in [-0.2, -0.15) is 0 Å². The van der Waals surface area contributed by atoms with Crippen LogP contribution in [0.3, 0.4) is 0 Å². The first-order valence-electron chi connectivity index (χ1n) is 9.89. The highest BCUT2D eigenvalue weighted by atomic mass is 16.3. The molecule has 2 aromatic rings. The monoisotopic (exact) mass is 366 g/mol. The first-order chi connectivity index (χ1) is 13.2. The molecule has 0 spiro atoms. The molecule has 3 rings (SSSR count). The zero-order valence-corrected chi connectivity index (χ0v) is 16.2. The van der Waals surface area contributed by atoms with Crippen LogP contribution in [0.15, 0.2) is 54.6 Å². The minimum atomic E-state index is 0.0675. The van der Waals surface area contributed by atoms with E-state index in [9.17, 15) is 9.90 Å². The largest absolute Gasteiger partial charge is 0.395 e. The molecule has 1 unspecified atom stereocenters. The fourth-order valence-corrected chi connectivity index (χ4v) is 3.95. The fourth-order valence-electron chi connectivity index (χ4n) is 3.95. The van der Waals surface area contributed by atoms with E-state index in [0.29, 0.717) is 13.1 Å². The fraction of sp³-hybridized carbons (Fsp3) is 0.435. The summed E-state index contributed by atoms with van der Waals surface area (Å²) in [4.78, 5) is 16.9. The summed E-state index contributed by atoms with van der Waals surface area (Å²) in [5, 5.41) is 9.40. The molecule has 0 saturated heterocycles. The van der Waals surface area contributed by atoms with Gasteiger partial charge < -0.3 is 10.0 Å². The molecule has 0 aromatic heterocycles. The van der Waals surface area contributed by atoms with Crippen molar-refractivity contribution in [1.29, 1.82) is 0 Å². The van der Waals surface area contributed by atoms with Crippen molar-refractivity contribution in [3.05, 3.63) is 71.3 Å². The third-order valence-electron chi connectivity index (χ3n) is 5.53. The van der Waals surface area contributed by atoms with Crippen molar-refractivity contribution in [2.75, 3.05) is 33.3 Å². The number of fused-ring (bicyclic) bond motifs is 1. The van der Waals surface area contributed by atoms with Crippen molar-refractivity contribution in [3.63, 3.8) is 0 Å². The number of carbonyl (C=O) groups is 1. The summed E-state index contributed by atoms with van der Waals surface area (Å²) in [6, 6.07) is 18.9. The topological polar surface area (TPSA) is 43.8 Å². The second kappa shape index (κ2) is 9.67. The summed E-state index contributed by atoms with van der Waals surface area (Å²) in [6.07, 6.45) is 4.11. The Kier molecular flexibility index (Phi) is 7.02. The van der Waals surface area contributed by atoms with Crippen molar-refractivity contribution in [2.24, 2.45) is 0 Å². The highest BCUT2D eigenvalue weighted by Gasteiger charge is 2.27. The van der Waals surface area contributed by atoms with Crippen LogP contribution < -0.4 is 0 Å². The Morgan fingerprint density at radius 2 is 1.81 bits per heavy atom. The van der Waals surface area contributed by atoms with Crippen LogP contribution in [0.25, 0.3) is 0 Å². The highest BCUT2D eigenvalue weighted by molar-refractivity contribution is 5.78. The van der Waals surface area contributed by atoms with E-state index in [-0.39, 0.29) is 18.6 Å². The van der Waals surface area contributed by atoms with Gasteiger partial charge in [-0.3, -0.25) is 9.69 Å². The van der Waals surface area contributed by atoms with Crippen LogP contribution >= 0.6 is 0 Å². The zero-order valence-electron chi connectivity index (χ0n) is 16.2. The number of hydrogen-bond acceptors (Lipinski definition) is 3. The van der Waals surface area contributed by atoms with Gasteiger partial charge in [0.05, 0.1) is 19.2 Å². The number of carbonyl (C=O) groups excluding carboxylic acids is 1. The quantitative estimate of drug-likeness (QED) is 0.781. The average molecular weight is 367 g/mol. The molecular formula is C23H30N2O2. The lowest BCUT2D eigenvalue weighted by Crippen LogP contribution is -2.42. The second-order valence-corrected chi connectivity index (χ2v) is 7.35. The Morgan fingerprint density at radius 1 is 1.07 bits per heavy atom. The maximum Gasteiger partial charge on any atom is 0.237 e. The molecule has 1 amide bonds. The number of aliphatic hydroxyl groups is 1. The van der Waals surface area contributed by atoms with Gasteiger partial charge in [-0.1, -0.05) is 54.6 Å². The van der Waals surface area contributed by atoms with Crippen molar-refractivity contribution >= 4 is 5.91 Å². The first kappa shape index (κ1) is 19.6. The number of aliphatic hydroxyl groups excluding tert-OH is 1. The van der Waals surface area contributed by atoms with Gasteiger partial charge >= 0.3 is 0 Å². The summed E-state index contributed by atoms with van der Waals surface area (Å²) < 4.78 is 0. The van der Waals surface area contributed by atoms with Crippen molar-refractivity contribution < 1.29 is 9.90 Å². The Hall–Kier alpha value is -2.17. The minimum absolute atomic E-state index is 0.0675. The van der Waals surface area contributed by atoms with Crippen LogP contribution in [0.5, 0.6) is 0 Å². The van der Waals surface area contributed by atoms with E-state index in [1.54, 1.807) is 0 Å². The molecule has 1 N–H and O–H groups in total. The van der Waals surface area contributed by atoms with Gasteiger partial charge in [-0.25, -0.2) is 0 Å². The molecule has 0 heterocycles. The van der Waals surface area contributed by atoms with E-state index in [4.69, 9.17) is 0 Å². The minimum Gasteiger partial charge on any atom is -0.395 e. The number of nitrogens with zero attached hydrogens (tertiary/aromatic N) is 2. The van der Waals surface area contributed by atoms with Gasteiger partial charge in [0.25, 0.3) is 0 Å². The molecule has 0 fully saturated rings. The third-order valence-corrected chi connectivity index (χ3v) is 5.53. The highest BCUT2D eigenvalue weighted by Crippen LogP contribution is 2.33. The lowest BCUT2D eigenvalue weighted by molar-refractivity contribution is -0.133. The maximum atomic E-state index is 13.0. The molecule has 0 radical (unpaired) electrons. The first-order valence-corrected chi connectivity index (χ1v) is 9.89. The number of hydrogen-bond donors (Lipinski definition) is 1. The van der Waals surface area contributed by atoms with Crippen LogP contribution in [-0.2, 0) is 17.6 Å². The molecule has 0 aliphatic heterocycles. The van der Waals surface area contributed by atoms with Crippen LogP contribution in [0.1, 0.15) is 35.6 Å². The standard InChI is InChI=1S/C23H30N2O2/c1-24(22-13-7-11-20-10-5-6-12-21(20)22)23(27)18-25(16-17-26)15-14-19-8-3-2-4-9-19/h2-6,8-10,12,22,26H,7,11,13-18H2,1H3. The van der Waals surface area contributed by atoms with Crippen LogP contribution in [0, 0.1) is 0 Å². The molecule has 4 heteroatoms. The van der Waals surface area contributed by atoms with Gasteiger partial charge in [0.15, 0.2) is 0 Å².